The second kappa shape index (κ2) is 5.80. The van der Waals surface area contributed by atoms with Crippen molar-refractivity contribution in [1.82, 2.24) is 5.32 Å². The van der Waals surface area contributed by atoms with Gasteiger partial charge in [0, 0.05) is 5.56 Å². The molecule has 21 heavy (non-hydrogen) atoms. The summed E-state index contributed by atoms with van der Waals surface area (Å²) in [6.45, 7) is 2.00. The summed E-state index contributed by atoms with van der Waals surface area (Å²) in [5, 5.41) is 5.44. The van der Waals surface area contributed by atoms with E-state index in [0.29, 0.717) is 5.56 Å². The topological polar surface area (TPSA) is 29.1 Å². The molecule has 1 amide bonds. The number of hydrogen-bond acceptors (Lipinski definition) is 1. The number of amides is 1. The molecule has 2 nitrogen and oxygen atoms in total. The Kier molecular flexibility index (Phi) is 3.69. The highest BCUT2D eigenvalue weighted by atomic mass is 16.1. The Morgan fingerprint density at radius 1 is 0.857 bits per heavy atom. The molecule has 0 aliphatic rings. The zero-order valence-electron chi connectivity index (χ0n) is 11.9. The molecule has 3 aromatic rings. The van der Waals surface area contributed by atoms with Crippen LogP contribution in [0.1, 0.15) is 28.9 Å². The van der Waals surface area contributed by atoms with Crippen molar-refractivity contribution in [1.29, 1.82) is 0 Å². The predicted molar refractivity (Wildman–Crippen MR) is 86.3 cm³/mol. The Bertz CT molecular complexity index is 765. The van der Waals surface area contributed by atoms with Crippen LogP contribution in [0.5, 0.6) is 0 Å². The van der Waals surface area contributed by atoms with Crippen LogP contribution in [0.2, 0.25) is 0 Å². The average molecular weight is 275 g/mol. The fourth-order valence-electron chi connectivity index (χ4n) is 2.43. The van der Waals surface area contributed by atoms with Crippen LogP contribution in [0.3, 0.4) is 0 Å². The van der Waals surface area contributed by atoms with Crippen molar-refractivity contribution in [3.8, 4) is 0 Å². The molecule has 2 heteroatoms. The van der Waals surface area contributed by atoms with Crippen molar-refractivity contribution in [2.24, 2.45) is 0 Å². The first kappa shape index (κ1) is 13.4. The van der Waals surface area contributed by atoms with Gasteiger partial charge in [-0.3, -0.25) is 4.79 Å². The van der Waals surface area contributed by atoms with Crippen molar-refractivity contribution in [3.63, 3.8) is 0 Å². The van der Waals surface area contributed by atoms with Gasteiger partial charge in [0.2, 0.25) is 0 Å². The maximum absolute atomic E-state index is 12.2. The number of carbonyl (C=O) groups is 1. The molecule has 0 aliphatic heterocycles. The third-order valence-corrected chi connectivity index (χ3v) is 3.66. The second-order valence-electron chi connectivity index (χ2n) is 5.17. The van der Waals surface area contributed by atoms with E-state index in [4.69, 9.17) is 0 Å². The van der Waals surface area contributed by atoms with Gasteiger partial charge < -0.3 is 5.32 Å². The highest BCUT2D eigenvalue weighted by Crippen LogP contribution is 2.20. The van der Waals surface area contributed by atoms with Gasteiger partial charge in [0.1, 0.15) is 0 Å². The lowest BCUT2D eigenvalue weighted by atomic mass is 10.0. The number of rotatable bonds is 3. The van der Waals surface area contributed by atoms with E-state index in [0.717, 1.165) is 5.56 Å². The Balaban J connectivity index is 1.80. The minimum Gasteiger partial charge on any atom is -0.346 e. The third kappa shape index (κ3) is 2.95. The van der Waals surface area contributed by atoms with Gasteiger partial charge in [-0.15, -0.1) is 0 Å². The highest BCUT2D eigenvalue weighted by Gasteiger charge is 2.11. The minimum absolute atomic E-state index is 0.0256. The van der Waals surface area contributed by atoms with Crippen molar-refractivity contribution in [2.45, 2.75) is 13.0 Å². The monoisotopic (exact) mass is 275 g/mol. The second-order valence-corrected chi connectivity index (χ2v) is 5.17. The van der Waals surface area contributed by atoms with Crippen molar-refractivity contribution >= 4 is 16.7 Å². The van der Waals surface area contributed by atoms with Gasteiger partial charge in [-0.1, -0.05) is 54.6 Å². The van der Waals surface area contributed by atoms with E-state index in [-0.39, 0.29) is 11.9 Å². The molecule has 1 N–H and O–H groups in total. The summed E-state index contributed by atoms with van der Waals surface area (Å²) in [5.74, 6) is -0.0451. The molecule has 0 saturated heterocycles. The molecular weight excluding hydrogens is 258 g/mol. The molecule has 3 aromatic carbocycles. The Morgan fingerprint density at radius 2 is 1.52 bits per heavy atom. The normalized spacial score (nSPS) is 12.0. The number of hydrogen-bond donors (Lipinski definition) is 1. The fourth-order valence-corrected chi connectivity index (χ4v) is 2.43. The van der Waals surface area contributed by atoms with Crippen LogP contribution in [0.25, 0.3) is 10.8 Å². The lowest BCUT2D eigenvalue weighted by Crippen LogP contribution is -2.26. The van der Waals surface area contributed by atoms with Crippen molar-refractivity contribution in [3.05, 3.63) is 83.9 Å². The van der Waals surface area contributed by atoms with Gasteiger partial charge >= 0.3 is 0 Å². The molecular formula is C19H17NO. The molecule has 0 aliphatic carbocycles. The molecule has 0 spiro atoms. The smallest absolute Gasteiger partial charge is 0.251 e. The molecule has 0 saturated carbocycles. The summed E-state index contributed by atoms with van der Waals surface area (Å²) in [6, 6.07) is 23.8. The largest absolute Gasteiger partial charge is 0.346 e. The molecule has 1 atom stereocenters. The van der Waals surface area contributed by atoms with Crippen LogP contribution in [-0.4, -0.2) is 5.91 Å². The van der Waals surface area contributed by atoms with Crippen LogP contribution < -0.4 is 5.32 Å². The summed E-state index contributed by atoms with van der Waals surface area (Å²) in [7, 11) is 0. The van der Waals surface area contributed by atoms with Crippen LogP contribution in [0.15, 0.2) is 72.8 Å². The summed E-state index contributed by atoms with van der Waals surface area (Å²) in [4.78, 5) is 12.2. The number of fused-ring (bicyclic) bond motifs is 1. The number of nitrogens with one attached hydrogen (secondary N) is 1. The highest BCUT2D eigenvalue weighted by molar-refractivity contribution is 5.94. The van der Waals surface area contributed by atoms with E-state index in [1.807, 2.05) is 49.4 Å². The molecule has 0 unspecified atom stereocenters. The first-order chi connectivity index (χ1) is 10.2. The lowest BCUT2D eigenvalue weighted by Gasteiger charge is -2.15. The Hall–Kier alpha value is -2.61. The quantitative estimate of drug-likeness (QED) is 0.757. The maximum Gasteiger partial charge on any atom is 0.251 e. The van der Waals surface area contributed by atoms with Gasteiger partial charge in [-0.25, -0.2) is 0 Å². The van der Waals surface area contributed by atoms with Gasteiger partial charge in [0.05, 0.1) is 6.04 Å². The van der Waals surface area contributed by atoms with Crippen molar-refractivity contribution in [2.75, 3.05) is 0 Å². The first-order valence-corrected chi connectivity index (χ1v) is 7.08. The molecule has 104 valence electrons. The number of carbonyl (C=O) groups excluding carboxylic acids is 1. The lowest BCUT2D eigenvalue weighted by molar-refractivity contribution is 0.0940. The summed E-state index contributed by atoms with van der Waals surface area (Å²) >= 11 is 0. The summed E-state index contributed by atoms with van der Waals surface area (Å²) in [5.41, 5.74) is 1.79. The predicted octanol–water partition coefficient (Wildman–Crippen LogP) is 4.33. The molecule has 0 radical (unpaired) electrons. The molecule has 0 aromatic heterocycles. The Labute approximate surface area is 124 Å². The van der Waals surface area contributed by atoms with E-state index < -0.39 is 0 Å². The molecule has 0 heterocycles. The van der Waals surface area contributed by atoms with E-state index in [1.54, 1.807) is 0 Å². The maximum atomic E-state index is 12.2. The Morgan fingerprint density at radius 3 is 2.29 bits per heavy atom. The average Bonchev–Trinajstić information content (AvgIpc) is 2.55. The minimum atomic E-state index is -0.0451. The van der Waals surface area contributed by atoms with Gasteiger partial charge in [-0.05, 0) is 41.5 Å². The van der Waals surface area contributed by atoms with Gasteiger partial charge in [-0.2, -0.15) is 0 Å². The zero-order valence-corrected chi connectivity index (χ0v) is 11.9. The molecule has 3 rings (SSSR count). The zero-order chi connectivity index (χ0) is 14.7. The SMILES string of the molecule is C[C@@H](NC(=O)c1ccccc1)c1ccc2ccccc2c1. The van der Waals surface area contributed by atoms with Crippen molar-refractivity contribution < 1.29 is 4.79 Å². The van der Waals surface area contributed by atoms with Crippen LogP contribution in [0, 0.1) is 0 Å². The van der Waals surface area contributed by atoms with Gasteiger partial charge in [0.15, 0.2) is 0 Å². The van der Waals surface area contributed by atoms with Crippen LogP contribution in [0.4, 0.5) is 0 Å². The third-order valence-electron chi connectivity index (χ3n) is 3.66. The fraction of sp³-hybridized carbons (Fsp3) is 0.105. The molecule has 0 fully saturated rings. The van der Waals surface area contributed by atoms with Crippen LogP contribution >= 0.6 is 0 Å². The van der Waals surface area contributed by atoms with E-state index >= 15 is 0 Å². The van der Waals surface area contributed by atoms with Gasteiger partial charge in [0.25, 0.3) is 5.91 Å². The van der Waals surface area contributed by atoms with E-state index in [1.165, 1.54) is 10.8 Å². The van der Waals surface area contributed by atoms with E-state index in [2.05, 4.69) is 35.6 Å². The van der Waals surface area contributed by atoms with Crippen LogP contribution in [-0.2, 0) is 0 Å². The summed E-state index contributed by atoms with van der Waals surface area (Å²) < 4.78 is 0. The standard InChI is InChI=1S/C19H17NO/c1-14(20-19(21)16-8-3-2-4-9-16)17-12-11-15-7-5-6-10-18(15)13-17/h2-14H,1H3,(H,20,21)/t14-/m1/s1. The van der Waals surface area contributed by atoms with E-state index in [9.17, 15) is 4.79 Å². The molecule has 0 bridgehead atoms. The first-order valence-electron chi connectivity index (χ1n) is 7.08. The number of benzene rings is 3. The summed E-state index contributed by atoms with van der Waals surface area (Å²) in [6.07, 6.45) is 0.